The second kappa shape index (κ2) is 28.9. The van der Waals surface area contributed by atoms with E-state index in [9.17, 15) is 50.0 Å². The van der Waals surface area contributed by atoms with Crippen LogP contribution < -0.4 is 5.32 Å². The van der Waals surface area contributed by atoms with Crippen LogP contribution in [0.4, 0.5) is 0 Å². The van der Waals surface area contributed by atoms with Gasteiger partial charge in [0.25, 0.3) is 0 Å². The lowest BCUT2D eigenvalue weighted by molar-refractivity contribution is -0.220. The molecule has 0 heterocycles. The molecule has 0 saturated heterocycles. The summed E-state index contributed by atoms with van der Waals surface area (Å²) >= 11 is 0. The number of hydrogen-bond acceptors (Lipinski definition) is 11. The summed E-state index contributed by atoms with van der Waals surface area (Å²) in [6, 6.07) is -1.26. The Balaban J connectivity index is 2.67. The zero-order chi connectivity index (χ0) is 38.8. The van der Waals surface area contributed by atoms with Gasteiger partial charge in [-0.2, -0.15) is 0 Å². The van der Waals surface area contributed by atoms with Gasteiger partial charge >= 0.3 is 7.82 Å². The van der Waals surface area contributed by atoms with Gasteiger partial charge in [-0.1, -0.05) is 127 Å². The molecule has 1 amide bonds. The summed E-state index contributed by atoms with van der Waals surface area (Å²) in [5, 5.41) is 73.9. The molecule has 8 unspecified atom stereocenters. The topological polar surface area (TPSA) is 226 Å². The minimum Gasteiger partial charge on any atom is -0.393 e. The third-order valence-electron chi connectivity index (χ3n) is 9.22. The van der Waals surface area contributed by atoms with Gasteiger partial charge < -0.3 is 46.0 Å². The Morgan fingerprint density at radius 1 is 0.692 bits per heavy atom. The molecule has 14 heteroatoms. The molecule has 0 radical (unpaired) electrons. The van der Waals surface area contributed by atoms with Gasteiger partial charge in [0.05, 0.1) is 31.3 Å². The second-order valence-electron chi connectivity index (χ2n) is 13.9. The molecule has 0 aromatic rings. The molecule has 304 valence electrons. The Labute approximate surface area is 311 Å². The normalized spacial score (nSPS) is 25.5. The van der Waals surface area contributed by atoms with Crippen molar-refractivity contribution in [1.82, 2.24) is 5.32 Å². The van der Waals surface area contributed by atoms with Crippen LogP contribution in [0.15, 0.2) is 36.5 Å². The van der Waals surface area contributed by atoms with E-state index in [4.69, 9.17) is 9.05 Å². The summed E-state index contributed by atoms with van der Waals surface area (Å²) < 4.78 is 22.7. The highest BCUT2D eigenvalue weighted by atomic mass is 31.2. The van der Waals surface area contributed by atoms with Gasteiger partial charge in [0, 0.05) is 0 Å². The van der Waals surface area contributed by atoms with Crippen LogP contribution in [0.2, 0.25) is 0 Å². The first-order valence-corrected chi connectivity index (χ1v) is 21.0. The molecule has 52 heavy (non-hydrogen) atoms. The smallest absolute Gasteiger partial charge is 0.393 e. The van der Waals surface area contributed by atoms with Crippen LogP contribution >= 0.6 is 7.82 Å². The number of amides is 1. The van der Waals surface area contributed by atoms with E-state index >= 15 is 0 Å². The Kier molecular flexibility index (Phi) is 27.0. The molecule has 1 rings (SSSR count). The number of rotatable bonds is 30. The van der Waals surface area contributed by atoms with Gasteiger partial charge in [0.1, 0.15) is 36.6 Å². The number of phosphoric ester groups is 1. The van der Waals surface area contributed by atoms with Crippen LogP contribution in [0.5, 0.6) is 0 Å². The fourth-order valence-corrected chi connectivity index (χ4v) is 6.95. The van der Waals surface area contributed by atoms with E-state index in [0.29, 0.717) is 19.3 Å². The van der Waals surface area contributed by atoms with Gasteiger partial charge in [-0.15, -0.1) is 0 Å². The number of nitrogens with one attached hydrogen (secondary N) is 1. The third kappa shape index (κ3) is 21.4. The van der Waals surface area contributed by atoms with Crippen molar-refractivity contribution in [3.63, 3.8) is 0 Å². The standard InChI is InChI=1S/C38H70NO12P/c1-3-5-7-9-11-13-15-16-17-19-21-23-25-29(40)27-32(42)39-30(31(41)26-24-22-20-18-14-12-10-8-6-4-2)28-50-52(48,49)51-38-36(46)34(44)33(43)35(45)37(38)47/h6,8,14,18,24,26,29-31,33-38,40-41,43-47H,3-5,7,9-13,15-17,19-23,25,27-28H2,1-2H3,(H,39,42)(H,48,49)/b8-6+,18-14+,26-24+. The van der Waals surface area contributed by atoms with E-state index in [-0.39, 0.29) is 6.42 Å². The Bertz CT molecular complexity index is 1040. The largest absolute Gasteiger partial charge is 0.472 e. The quantitative estimate of drug-likeness (QED) is 0.0277. The zero-order valence-corrected chi connectivity index (χ0v) is 32.4. The highest BCUT2D eigenvalue weighted by Crippen LogP contribution is 2.47. The van der Waals surface area contributed by atoms with Crippen molar-refractivity contribution < 1.29 is 59.0 Å². The van der Waals surface area contributed by atoms with Gasteiger partial charge in [-0.3, -0.25) is 13.8 Å². The van der Waals surface area contributed by atoms with Crippen LogP contribution in [0.1, 0.15) is 136 Å². The summed E-state index contributed by atoms with van der Waals surface area (Å²) in [5.74, 6) is -0.611. The molecule has 0 aromatic carbocycles. The minimum atomic E-state index is -5.14. The Morgan fingerprint density at radius 3 is 1.67 bits per heavy atom. The predicted molar refractivity (Wildman–Crippen MR) is 201 cm³/mol. The number of allylic oxidation sites excluding steroid dienone is 5. The third-order valence-corrected chi connectivity index (χ3v) is 10.2. The number of carbonyl (C=O) groups excluding carboxylic acids is 1. The van der Waals surface area contributed by atoms with Crippen molar-refractivity contribution in [2.45, 2.75) is 191 Å². The van der Waals surface area contributed by atoms with E-state index < -0.39 is 75.2 Å². The van der Waals surface area contributed by atoms with Crippen molar-refractivity contribution in [2.24, 2.45) is 0 Å². The highest BCUT2D eigenvalue weighted by molar-refractivity contribution is 7.47. The SMILES string of the molecule is CC/C=C/CC/C=C/CC/C=C/C(O)C(COP(=O)(O)OC1C(O)C(O)C(O)C(O)C1O)NC(=O)CC(O)CCCCCCCCCCCCCC. The first kappa shape index (κ1) is 48.5. The van der Waals surface area contributed by atoms with E-state index in [1.807, 2.05) is 6.08 Å². The maximum Gasteiger partial charge on any atom is 0.472 e. The number of carbonyl (C=O) groups is 1. The van der Waals surface area contributed by atoms with Crippen LogP contribution in [0.25, 0.3) is 0 Å². The fraction of sp³-hybridized carbons (Fsp3) is 0.816. The van der Waals surface area contributed by atoms with Crippen molar-refractivity contribution in [3.05, 3.63) is 36.5 Å². The summed E-state index contributed by atoms with van der Waals surface area (Å²) in [4.78, 5) is 23.2. The number of aliphatic hydroxyl groups excluding tert-OH is 7. The van der Waals surface area contributed by atoms with E-state index in [1.165, 1.54) is 57.4 Å². The molecule has 0 bridgehead atoms. The summed E-state index contributed by atoms with van der Waals surface area (Å²) in [5.41, 5.74) is 0. The predicted octanol–water partition coefficient (Wildman–Crippen LogP) is 4.63. The summed E-state index contributed by atoms with van der Waals surface area (Å²) in [6.45, 7) is 3.54. The lowest BCUT2D eigenvalue weighted by atomic mass is 9.85. The van der Waals surface area contributed by atoms with Crippen LogP contribution in [0.3, 0.4) is 0 Å². The summed E-state index contributed by atoms with van der Waals surface area (Å²) in [6.07, 6.45) is 15.6. The number of hydrogen-bond donors (Lipinski definition) is 9. The van der Waals surface area contributed by atoms with Crippen LogP contribution in [-0.2, 0) is 18.4 Å². The molecule has 13 nitrogen and oxygen atoms in total. The number of phosphoric acid groups is 1. The molecule has 0 spiro atoms. The van der Waals surface area contributed by atoms with E-state index in [0.717, 1.165) is 44.9 Å². The van der Waals surface area contributed by atoms with E-state index in [2.05, 4.69) is 37.4 Å². The van der Waals surface area contributed by atoms with Crippen molar-refractivity contribution in [3.8, 4) is 0 Å². The molecule has 1 saturated carbocycles. The molecule has 1 fully saturated rings. The monoisotopic (exact) mass is 763 g/mol. The molecule has 8 atom stereocenters. The van der Waals surface area contributed by atoms with Crippen LogP contribution in [-0.4, -0.2) is 108 Å². The molecular formula is C38H70NO12P. The highest BCUT2D eigenvalue weighted by Gasteiger charge is 2.51. The van der Waals surface area contributed by atoms with Gasteiger partial charge in [0.15, 0.2) is 0 Å². The Morgan fingerprint density at radius 2 is 1.15 bits per heavy atom. The molecule has 0 aliphatic heterocycles. The number of aliphatic hydroxyl groups is 7. The average molecular weight is 764 g/mol. The molecule has 1 aliphatic carbocycles. The van der Waals surface area contributed by atoms with Gasteiger partial charge in [0.2, 0.25) is 5.91 Å². The lowest BCUT2D eigenvalue weighted by Gasteiger charge is -2.41. The maximum absolute atomic E-state index is 12.9. The maximum atomic E-state index is 12.9. The fourth-order valence-electron chi connectivity index (χ4n) is 5.98. The molecular weight excluding hydrogens is 693 g/mol. The average Bonchev–Trinajstić information content (AvgIpc) is 3.11. The van der Waals surface area contributed by atoms with E-state index in [1.54, 1.807) is 6.08 Å². The van der Waals surface area contributed by atoms with Crippen LogP contribution in [0, 0.1) is 0 Å². The van der Waals surface area contributed by atoms with Crippen molar-refractivity contribution in [2.75, 3.05) is 6.61 Å². The van der Waals surface area contributed by atoms with Gasteiger partial charge in [-0.05, 0) is 38.5 Å². The van der Waals surface area contributed by atoms with Crippen molar-refractivity contribution >= 4 is 13.7 Å². The molecule has 0 aromatic heterocycles. The van der Waals surface area contributed by atoms with Gasteiger partial charge in [-0.25, -0.2) is 4.57 Å². The summed E-state index contributed by atoms with van der Waals surface area (Å²) in [7, 11) is -5.14. The first-order chi connectivity index (χ1) is 24.8. The number of unbranched alkanes of at least 4 members (excludes halogenated alkanes) is 13. The lowest BCUT2D eigenvalue weighted by Crippen LogP contribution is -2.64. The zero-order valence-electron chi connectivity index (χ0n) is 31.5. The minimum absolute atomic E-state index is 0.255. The van der Waals surface area contributed by atoms with Crippen molar-refractivity contribution in [1.29, 1.82) is 0 Å². The molecule has 9 N–H and O–H groups in total. The Hall–Kier alpha value is -1.48. The molecule has 1 aliphatic rings. The second-order valence-corrected chi connectivity index (χ2v) is 15.3. The first-order valence-electron chi connectivity index (χ1n) is 19.5.